The molecule has 6 heterocycles. The Bertz CT molecular complexity index is 2270. The Hall–Kier alpha value is -4.90. The molecule has 3 aliphatic rings. The fourth-order valence-corrected chi connectivity index (χ4v) is 9.67. The van der Waals surface area contributed by atoms with Gasteiger partial charge in [-0.2, -0.15) is 0 Å². The number of cyclic esters (lactones) is 1. The van der Waals surface area contributed by atoms with E-state index in [9.17, 15) is 19.2 Å². The van der Waals surface area contributed by atoms with Crippen molar-refractivity contribution in [2.45, 2.75) is 104 Å². The van der Waals surface area contributed by atoms with Crippen LogP contribution >= 0.6 is 11.3 Å². The van der Waals surface area contributed by atoms with Gasteiger partial charge in [-0.1, -0.05) is 27.7 Å². The molecule has 4 aromatic rings. The van der Waals surface area contributed by atoms with Crippen molar-refractivity contribution in [3.63, 3.8) is 0 Å². The summed E-state index contributed by atoms with van der Waals surface area (Å²) in [6, 6.07) is 7.49. The van der Waals surface area contributed by atoms with E-state index in [1.165, 1.54) is 21.2 Å². The molecule has 15 nitrogen and oxygen atoms in total. The lowest BCUT2D eigenvalue weighted by molar-refractivity contribution is -0.155. The van der Waals surface area contributed by atoms with Crippen LogP contribution in [0.5, 0.6) is 0 Å². The van der Waals surface area contributed by atoms with Crippen LogP contribution in [0, 0.1) is 11.3 Å². The second-order valence-corrected chi connectivity index (χ2v) is 18.5. The summed E-state index contributed by atoms with van der Waals surface area (Å²) < 4.78 is 19.6. The third-order valence-corrected chi connectivity index (χ3v) is 13.2. The summed E-state index contributed by atoms with van der Waals surface area (Å²) in [6.45, 7) is 14.2. The van der Waals surface area contributed by atoms with Crippen LogP contribution in [0.1, 0.15) is 77.4 Å². The number of hydrogen-bond donors (Lipinski definition) is 2. The topological polar surface area (TPSA) is 160 Å². The van der Waals surface area contributed by atoms with Crippen LogP contribution in [0.15, 0.2) is 41.9 Å². The third-order valence-electron chi connectivity index (χ3n) is 12.2. The summed E-state index contributed by atoms with van der Waals surface area (Å²) in [7, 11) is 4.92. The van der Waals surface area contributed by atoms with Crippen molar-refractivity contribution in [1.82, 2.24) is 40.1 Å². The van der Waals surface area contributed by atoms with Gasteiger partial charge < -0.3 is 33.9 Å². The molecular weight excluding hydrogens is 797 g/mol. The van der Waals surface area contributed by atoms with Crippen molar-refractivity contribution in [2.75, 3.05) is 47.5 Å². The van der Waals surface area contributed by atoms with Crippen molar-refractivity contribution >= 4 is 46.1 Å². The first-order valence-corrected chi connectivity index (χ1v) is 22.2. The highest BCUT2D eigenvalue weighted by Crippen LogP contribution is 2.42. The maximum atomic E-state index is 14.5. The van der Waals surface area contributed by atoms with E-state index in [0.29, 0.717) is 51.1 Å². The van der Waals surface area contributed by atoms with Crippen LogP contribution in [0.3, 0.4) is 0 Å². The number of likely N-dealkylation sites (N-methyl/N-ethyl adjacent to an activating group) is 1. The molecule has 61 heavy (non-hydrogen) atoms. The third kappa shape index (κ3) is 9.04. The molecule has 0 aliphatic carbocycles. The van der Waals surface area contributed by atoms with E-state index >= 15 is 0 Å². The number of hydrazine groups is 1. The van der Waals surface area contributed by atoms with Crippen LogP contribution in [0.2, 0.25) is 0 Å². The van der Waals surface area contributed by atoms with Crippen LogP contribution in [-0.2, 0) is 48.0 Å². The standard InChI is InChI=1S/C45H60N8O7S/c1-10-52-36-16-15-28-19-32(36)33(39(52)31-13-11-17-46-37(31)27(4)58-8)21-45(5,6)25-60-43(56)34-14-12-18-53(49-34)42(55)35(20-29-24-61-41(28)47-29)48-40(54)38(26(2)3)50(7)44(57)51-22-30(23-51)59-9/h11,13,15-17,19,24,26-27,30,34-35,38,49H,10,12,14,18,20-23,25H2,1-9H3,(H,48,54)/t27-,34-,35-,38-/m0/s1. The van der Waals surface area contributed by atoms with Gasteiger partial charge in [0.15, 0.2) is 0 Å². The number of thiazole rings is 1. The summed E-state index contributed by atoms with van der Waals surface area (Å²) in [5.74, 6) is -1.56. The molecule has 2 fully saturated rings. The molecule has 328 valence electrons. The number of nitrogens with one attached hydrogen (secondary N) is 2. The molecule has 4 atom stereocenters. The minimum atomic E-state index is -1.05. The average molecular weight is 857 g/mol. The van der Waals surface area contributed by atoms with E-state index in [0.717, 1.165) is 44.0 Å². The number of aromatic nitrogens is 3. The molecule has 16 heteroatoms. The zero-order chi connectivity index (χ0) is 43.7. The number of esters is 1. The molecule has 1 aromatic carbocycles. The Morgan fingerprint density at radius 2 is 1.92 bits per heavy atom. The molecule has 0 unspecified atom stereocenters. The van der Waals surface area contributed by atoms with E-state index in [2.05, 4.69) is 60.3 Å². The molecule has 0 saturated carbocycles. The molecule has 6 bridgehead atoms. The number of hydrogen-bond acceptors (Lipinski definition) is 11. The van der Waals surface area contributed by atoms with Gasteiger partial charge >= 0.3 is 12.0 Å². The number of fused-ring (bicyclic) bond motifs is 6. The maximum absolute atomic E-state index is 14.5. The number of pyridine rings is 1. The Balaban J connectivity index is 1.29. The summed E-state index contributed by atoms with van der Waals surface area (Å²) in [6.07, 6.45) is 3.23. The van der Waals surface area contributed by atoms with Gasteiger partial charge in [-0.3, -0.25) is 24.4 Å². The second-order valence-electron chi connectivity index (χ2n) is 17.6. The van der Waals surface area contributed by atoms with Crippen molar-refractivity contribution < 1.29 is 33.4 Å². The fourth-order valence-electron chi connectivity index (χ4n) is 8.84. The zero-order valence-electron chi connectivity index (χ0n) is 36.8. The largest absolute Gasteiger partial charge is 0.464 e. The minimum absolute atomic E-state index is 0.0370. The highest BCUT2D eigenvalue weighted by molar-refractivity contribution is 7.13. The summed E-state index contributed by atoms with van der Waals surface area (Å²) in [5, 5.41) is 8.21. The molecule has 3 aromatic heterocycles. The quantitative estimate of drug-likeness (QED) is 0.203. The summed E-state index contributed by atoms with van der Waals surface area (Å²) in [4.78, 5) is 69.0. The van der Waals surface area contributed by atoms with Gasteiger partial charge in [0.1, 0.15) is 23.1 Å². The lowest BCUT2D eigenvalue weighted by Gasteiger charge is -2.42. The van der Waals surface area contributed by atoms with Crippen LogP contribution in [0.25, 0.3) is 32.7 Å². The first kappa shape index (κ1) is 44.2. The summed E-state index contributed by atoms with van der Waals surface area (Å²) >= 11 is 1.48. The van der Waals surface area contributed by atoms with E-state index in [1.54, 1.807) is 32.4 Å². The number of aryl methyl sites for hydroxylation is 1. The van der Waals surface area contributed by atoms with Crippen LogP contribution in [-0.4, -0.2) is 125 Å². The molecule has 4 amide bonds. The number of ether oxygens (including phenoxy) is 3. The van der Waals surface area contributed by atoms with E-state index in [1.807, 2.05) is 32.2 Å². The molecular formula is C45H60N8O7S. The van der Waals surface area contributed by atoms with Crippen molar-refractivity contribution in [2.24, 2.45) is 11.3 Å². The fraction of sp³-hybridized carbons (Fsp3) is 0.556. The van der Waals surface area contributed by atoms with E-state index in [-0.39, 0.29) is 37.2 Å². The predicted molar refractivity (Wildman–Crippen MR) is 233 cm³/mol. The first-order chi connectivity index (χ1) is 29.1. The maximum Gasteiger partial charge on any atom is 0.324 e. The molecule has 0 radical (unpaired) electrons. The van der Waals surface area contributed by atoms with Crippen molar-refractivity contribution in [1.29, 1.82) is 0 Å². The Labute approximate surface area is 362 Å². The van der Waals surface area contributed by atoms with Gasteiger partial charge in [-0.15, -0.1) is 11.3 Å². The number of rotatable bonds is 9. The normalized spacial score (nSPS) is 20.8. The number of likely N-dealkylation sites (tertiary alicyclic amines) is 1. The second kappa shape index (κ2) is 18.2. The molecule has 0 spiro atoms. The Morgan fingerprint density at radius 3 is 2.62 bits per heavy atom. The number of carbonyl (C=O) groups excluding carboxylic acids is 4. The molecule has 2 N–H and O–H groups in total. The smallest absolute Gasteiger partial charge is 0.324 e. The Morgan fingerprint density at radius 1 is 1.15 bits per heavy atom. The van der Waals surface area contributed by atoms with Gasteiger partial charge in [-0.25, -0.2) is 15.2 Å². The number of carbonyl (C=O) groups is 4. The minimum Gasteiger partial charge on any atom is -0.464 e. The van der Waals surface area contributed by atoms with Crippen LogP contribution < -0.4 is 10.7 Å². The van der Waals surface area contributed by atoms with Crippen molar-refractivity contribution in [3.05, 3.63) is 58.9 Å². The molecule has 7 rings (SSSR count). The van der Waals surface area contributed by atoms with E-state index < -0.39 is 41.3 Å². The van der Waals surface area contributed by atoms with Gasteiger partial charge in [0.05, 0.1) is 49.0 Å². The zero-order valence-corrected chi connectivity index (χ0v) is 37.6. The Kier molecular flexibility index (Phi) is 13.2. The SMILES string of the molecule is CCn1c(-c2cccnc2[C@H](C)OC)c2c3cc(ccc31)-c1nc(cs1)C[C@H](NC(=O)[C@H](C(C)C)N(C)C(=O)N1CC(OC)C1)C(=O)N1CCC[C@H](N1)C(=O)OCC(C)(C)C2. The number of amides is 4. The number of methoxy groups -OCH3 is 2. The predicted octanol–water partition coefficient (Wildman–Crippen LogP) is 5.61. The average Bonchev–Trinajstić information content (AvgIpc) is 3.82. The van der Waals surface area contributed by atoms with Gasteiger partial charge in [0.2, 0.25) is 5.91 Å². The molecule has 2 saturated heterocycles. The molecule has 3 aliphatic heterocycles. The van der Waals surface area contributed by atoms with Gasteiger partial charge in [0, 0.05) is 79.8 Å². The summed E-state index contributed by atoms with van der Waals surface area (Å²) in [5.41, 5.74) is 9.24. The van der Waals surface area contributed by atoms with E-state index in [4.69, 9.17) is 24.2 Å². The van der Waals surface area contributed by atoms with Crippen LogP contribution in [0.4, 0.5) is 4.79 Å². The monoisotopic (exact) mass is 856 g/mol. The first-order valence-electron chi connectivity index (χ1n) is 21.3. The number of urea groups is 1. The lowest BCUT2D eigenvalue weighted by atomic mass is 9.84. The van der Waals surface area contributed by atoms with Gasteiger partial charge in [-0.05, 0) is 74.9 Å². The highest BCUT2D eigenvalue weighted by Gasteiger charge is 2.40. The highest BCUT2D eigenvalue weighted by atomic mass is 32.1. The number of nitrogens with zero attached hydrogens (tertiary/aromatic N) is 6. The lowest BCUT2D eigenvalue weighted by Crippen LogP contribution is -2.64. The van der Waals surface area contributed by atoms with Gasteiger partial charge in [0.25, 0.3) is 5.91 Å². The van der Waals surface area contributed by atoms with Crippen molar-refractivity contribution in [3.8, 4) is 21.8 Å². The number of benzene rings is 1.